The van der Waals surface area contributed by atoms with Gasteiger partial charge in [0.25, 0.3) is 5.91 Å². The Morgan fingerprint density at radius 3 is 2.48 bits per heavy atom. The van der Waals surface area contributed by atoms with Gasteiger partial charge in [0.05, 0.1) is 43.7 Å². The molecule has 3 aliphatic rings. The molecule has 4 heterocycles. The summed E-state index contributed by atoms with van der Waals surface area (Å²) < 4.78 is 16.4. The first-order chi connectivity index (χ1) is 14.1. The van der Waals surface area contributed by atoms with Crippen LogP contribution in [0.3, 0.4) is 0 Å². The molecule has 29 heavy (non-hydrogen) atoms. The molecule has 2 aromatic heterocycles. The lowest BCUT2D eigenvalue weighted by Gasteiger charge is -2.29. The number of carbonyl (C=O) groups excluding carboxylic acids is 1. The minimum absolute atomic E-state index is 0.0282. The summed E-state index contributed by atoms with van der Waals surface area (Å²) in [4.78, 5) is 18.4. The van der Waals surface area contributed by atoms with Crippen molar-refractivity contribution in [3.8, 4) is 0 Å². The van der Waals surface area contributed by atoms with Crippen molar-refractivity contribution < 1.29 is 14.3 Å². The molecule has 156 valence electrons. The van der Waals surface area contributed by atoms with Crippen molar-refractivity contribution in [2.24, 2.45) is 0 Å². The van der Waals surface area contributed by atoms with Gasteiger partial charge in [-0.15, -0.1) is 0 Å². The van der Waals surface area contributed by atoms with E-state index in [0.717, 1.165) is 29.3 Å². The molecule has 1 N–H and O–H groups in total. The van der Waals surface area contributed by atoms with Crippen molar-refractivity contribution >= 4 is 29.2 Å². The zero-order valence-electron chi connectivity index (χ0n) is 16.7. The van der Waals surface area contributed by atoms with Gasteiger partial charge in [-0.1, -0.05) is 0 Å². The molecule has 2 saturated heterocycles. The molecule has 5 rings (SSSR count). The minimum atomic E-state index is 0.0282. The smallest absolute Gasteiger partial charge is 0.257 e. The molecule has 1 saturated carbocycles. The molecule has 3 fully saturated rings. The average molecular weight is 418 g/mol. The van der Waals surface area contributed by atoms with Crippen molar-refractivity contribution in [2.75, 3.05) is 57.5 Å². The fraction of sp³-hybridized carbons (Fsp3) is 0.600. The summed E-state index contributed by atoms with van der Waals surface area (Å²) in [6.45, 7) is 7.73. The van der Waals surface area contributed by atoms with Crippen molar-refractivity contribution in [3.05, 3.63) is 23.9 Å². The average Bonchev–Trinajstić information content (AvgIpc) is 3.36. The van der Waals surface area contributed by atoms with E-state index < -0.39 is 0 Å². The fourth-order valence-corrected chi connectivity index (χ4v) is 4.60. The van der Waals surface area contributed by atoms with Gasteiger partial charge in [0.1, 0.15) is 5.82 Å². The predicted molar refractivity (Wildman–Crippen MR) is 112 cm³/mol. The van der Waals surface area contributed by atoms with Gasteiger partial charge in [-0.3, -0.25) is 9.52 Å². The Hall–Kier alpha value is -1.81. The van der Waals surface area contributed by atoms with Gasteiger partial charge in [0.2, 0.25) is 0 Å². The Kier molecular flexibility index (Phi) is 5.15. The van der Waals surface area contributed by atoms with Crippen LogP contribution in [-0.4, -0.2) is 78.6 Å². The maximum atomic E-state index is 13.2. The number of nitrogens with zero attached hydrogens (tertiary/aromatic N) is 4. The summed E-state index contributed by atoms with van der Waals surface area (Å²) in [5.41, 5.74) is 1.74. The highest BCUT2D eigenvalue weighted by molar-refractivity contribution is 7.97. The largest absolute Gasteiger partial charge is 0.378 e. The normalized spacial score (nSPS) is 21.6. The Morgan fingerprint density at radius 1 is 1.10 bits per heavy atom. The number of rotatable bonds is 5. The van der Waals surface area contributed by atoms with Gasteiger partial charge in [-0.25, -0.2) is 4.52 Å². The standard InChI is InChI=1S/C20H27N5O3S/c1-20(2-3-20)22-29-15-12-17-16(19(26)24-6-10-28-11-7-24)14-21-25(17)18(13-15)23-4-8-27-9-5-23/h12-14,22H,2-11H2,1H3. The number of hydrogen-bond acceptors (Lipinski definition) is 7. The van der Waals surface area contributed by atoms with Crippen LogP contribution in [0, 0.1) is 0 Å². The van der Waals surface area contributed by atoms with E-state index in [9.17, 15) is 4.79 Å². The highest BCUT2D eigenvalue weighted by Gasteiger charge is 2.37. The van der Waals surface area contributed by atoms with Gasteiger partial charge in [-0.05, 0) is 43.8 Å². The summed E-state index contributed by atoms with van der Waals surface area (Å²) >= 11 is 1.65. The first-order valence-electron chi connectivity index (χ1n) is 10.3. The third-order valence-electron chi connectivity index (χ3n) is 5.85. The summed E-state index contributed by atoms with van der Waals surface area (Å²) in [5, 5.41) is 4.60. The van der Waals surface area contributed by atoms with Crippen molar-refractivity contribution in [1.29, 1.82) is 0 Å². The lowest BCUT2D eigenvalue weighted by Crippen LogP contribution is -2.40. The molecule has 8 nitrogen and oxygen atoms in total. The van der Waals surface area contributed by atoms with Crippen LogP contribution in [-0.2, 0) is 9.47 Å². The summed E-state index contributed by atoms with van der Waals surface area (Å²) in [7, 11) is 0. The van der Waals surface area contributed by atoms with Gasteiger partial charge >= 0.3 is 0 Å². The zero-order valence-corrected chi connectivity index (χ0v) is 17.5. The highest BCUT2D eigenvalue weighted by Crippen LogP contribution is 2.38. The topological polar surface area (TPSA) is 71.3 Å². The van der Waals surface area contributed by atoms with Crippen LogP contribution in [0.5, 0.6) is 0 Å². The van der Waals surface area contributed by atoms with E-state index in [-0.39, 0.29) is 11.4 Å². The van der Waals surface area contributed by atoms with Gasteiger partial charge < -0.3 is 19.3 Å². The van der Waals surface area contributed by atoms with Gasteiger partial charge in [0.15, 0.2) is 0 Å². The van der Waals surface area contributed by atoms with Crippen LogP contribution >= 0.6 is 11.9 Å². The van der Waals surface area contributed by atoms with Crippen LogP contribution in [0.25, 0.3) is 5.52 Å². The number of anilines is 1. The summed E-state index contributed by atoms with van der Waals surface area (Å²) in [6, 6.07) is 4.24. The maximum absolute atomic E-state index is 13.2. The Bertz CT molecular complexity index is 901. The molecule has 0 bridgehead atoms. The highest BCUT2D eigenvalue weighted by atomic mass is 32.2. The van der Waals surface area contributed by atoms with Crippen LogP contribution < -0.4 is 9.62 Å². The number of nitrogens with one attached hydrogen (secondary N) is 1. The molecule has 0 atom stereocenters. The second kappa shape index (κ2) is 7.79. The van der Waals surface area contributed by atoms with Crippen LogP contribution in [0.4, 0.5) is 5.82 Å². The van der Waals surface area contributed by atoms with Crippen molar-refractivity contribution in [2.45, 2.75) is 30.2 Å². The first-order valence-corrected chi connectivity index (χ1v) is 11.1. The molecular weight excluding hydrogens is 390 g/mol. The molecule has 0 spiro atoms. The van der Waals surface area contributed by atoms with Gasteiger partial charge in [0, 0.05) is 36.6 Å². The Morgan fingerprint density at radius 2 is 1.79 bits per heavy atom. The summed E-state index contributed by atoms with van der Waals surface area (Å²) in [5.74, 6) is 1.04. The van der Waals surface area contributed by atoms with E-state index in [1.807, 2.05) is 9.42 Å². The van der Waals surface area contributed by atoms with E-state index in [4.69, 9.17) is 9.47 Å². The number of ether oxygens (including phenoxy) is 2. The fourth-order valence-electron chi connectivity index (χ4n) is 3.69. The molecule has 1 aliphatic carbocycles. The van der Waals surface area contributed by atoms with E-state index in [0.29, 0.717) is 45.1 Å². The van der Waals surface area contributed by atoms with Crippen LogP contribution in [0.1, 0.15) is 30.1 Å². The third kappa shape index (κ3) is 3.96. The lowest BCUT2D eigenvalue weighted by molar-refractivity contribution is 0.0304. The molecular formula is C20H27N5O3S. The maximum Gasteiger partial charge on any atom is 0.257 e. The zero-order chi connectivity index (χ0) is 19.8. The number of fused-ring (bicyclic) bond motifs is 1. The lowest BCUT2D eigenvalue weighted by atomic mass is 10.2. The second-order valence-electron chi connectivity index (χ2n) is 8.17. The van der Waals surface area contributed by atoms with Crippen molar-refractivity contribution in [1.82, 2.24) is 19.2 Å². The van der Waals surface area contributed by atoms with E-state index in [1.165, 1.54) is 12.8 Å². The summed E-state index contributed by atoms with van der Waals surface area (Å²) in [6.07, 6.45) is 4.11. The number of pyridine rings is 1. The molecule has 1 amide bonds. The molecule has 9 heteroatoms. The monoisotopic (exact) mass is 417 g/mol. The molecule has 2 aliphatic heterocycles. The van der Waals surface area contributed by atoms with Crippen LogP contribution in [0.2, 0.25) is 0 Å². The molecule has 0 aromatic carbocycles. The number of hydrogen-bond donors (Lipinski definition) is 1. The molecule has 0 radical (unpaired) electrons. The third-order valence-corrected chi connectivity index (χ3v) is 6.92. The molecule has 2 aromatic rings. The number of aromatic nitrogens is 2. The SMILES string of the molecule is CC1(NSc2cc(N3CCOCC3)n3ncc(C(=O)N4CCOCC4)c3c2)CC1. The quantitative estimate of drug-likeness (QED) is 0.744. The first kappa shape index (κ1) is 19.2. The number of morpholine rings is 2. The minimum Gasteiger partial charge on any atom is -0.378 e. The van der Waals surface area contributed by atoms with Crippen molar-refractivity contribution in [3.63, 3.8) is 0 Å². The van der Waals surface area contributed by atoms with Crippen LogP contribution in [0.15, 0.2) is 23.2 Å². The Labute approximate surface area is 174 Å². The predicted octanol–water partition coefficient (Wildman–Crippen LogP) is 1.79. The molecule has 0 unspecified atom stereocenters. The second-order valence-corrected chi connectivity index (χ2v) is 9.05. The number of carbonyl (C=O) groups is 1. The van der Waals surface area contributed by atoms with E-state index in [2.05, 4.69) is 33.8 Å². The van der Waals surface area contributed by atoms with E-state index in [1.54, 1.807) is 18.1 Å². The number of amides is 1. The van der Waals surface area contributed by atoms with Gasteiger partial charge in [-0.2, -0.15) is 5.10 Å². The van der Waals surface area contributed by atoms with E-state index >= 15 is 0 Å². The Balaban J connectivity index is 1.51.